The number of halogens is 5. The predicted molar refractivity (Wildman–Crippen MR) is 82.0 cm³/mol. The summed E-state index contributed by atoms with van der Waals surface area (Å²) in [6.07, 6.45) is -1.75. The Kier molecular flexibility index (Phi) is 5.62. The summed E-state index contributed by atoms with van der Waals surface area (Å²) in [6.45, 7) is 4.01. The predicted octanol–water partition coefficient (Wildman–Crippen LogP) is 5.19. The van der Waals surface area contributed by atoms with Crippen LogP contribution in [-0.2, 0) is 11.6 Å². The quantitative estimate of drug-likeness (QED) is 0.804. The van der Waals surface area contributed by atoms with Gasteiger partial charge in [0.05, 0.1) is 10.6 Å². The zero-order valence-corrected chi connectivity index (χ0v) is 13.6. The highest BCUT2D eigenvalue weighted by molar-refractivity contribution is 6.31. The van der Waals surface area contributed by atoms with Gasteiger partial charge in [-0.1, -0.05) is 37.9 Å². The molecule has 1 aliphatic rings. The first-order valence-corrected chi connectivity index (χ1v) is 7.19. The second-order valence-electron chi connectivity index (χ2n) is 5.97. The molecule has 0 saturated heterocycles. The first kappa shape index (κ1) is 18.6. The molecule has 120 valence electrons. The number of rotatable bonds is 3. The van der Waals surface area contributed by atoms with Crippen LogP contribution in [0.25, 0.3) is 0 Å². The Balaban J connectivity index is 0.00000220. The van der Waals surface area contributed by atoms with Crippen LogP contribution in [0.15, 0.2) is 18.2 Å². The molecule has 2 rings (SSSR count). The number of alkyl halides is 3. The second-order valence-corrected chi connectivity index (χ2v) is 6.38. The van der Waals surface area contributed by atoms with E-state index in [-0.39, 0.29) is 34.8 Å². The smallest absolute Gasteiger partial charge is 0.327 e. The summed E-state index contributed by atoms with van der Waals surface area (Å²) >= 11 is 5.68. The van der Waals surface area contributed by atoms with Crippen molar-refractivity contribution in [3.8, 4) is 0 Å². The molecular formula is C15H20Cl2F3N. The fourth-order valence-corrected chi connectivity index (χ4v) is 3.29. The molecule has 0 aliphatic heterocycles. The standard InChI is InChI=1S/C15H19ClF3N.ClH/c1-9(2)13(20)14(6-3-7-14)10-4-5-12(16)11(8-10)15(17,18)19;/h4-5,8-9,13H,3,6-7,20H2,1-2H3;1H. The minimum absolute atomic E-state index is 0. The van der Waals surface area contributed by atoms with Crippen LogP contribution >= 0.6 is 24.0 Å². The highest BCUT2D eigenvalue weighted by atomic mass is 35.5. The number of hydrogen-bond donors (Lipinski definition) is 1. The molecule has 2 N–H and O–H groups in total. The van der Waals surface area contributed by atoms with Gasteiger partial charge in [0.2, 0.25) is 0 Å². The molecule has 0 bridgehead atoms. The van der Waals surface area contributed by atoms with Crippen molar-refractivity contribution >= 4 is 24.0 Å². The molecule has 1 aromatic carbocycles. The molecule has 0 spiro atoms. The van der Waals surface area contributed by atoms with Gasteiger partial charge in [-0.05, 0) is 36.5 Å². The summed E-state index contributed by atoms with van der Waals surface area (Å²) < 4.78 is 38.9. The molecule has 1 unspecified atom stereocenters. The van der Waals surface area contributed by atoms with E-state index in [1.807, 2.05) is 13.8 Å². The van der Waals surface area contributed by atoms with E-state index in [0.717, 1.165) is 19.3 Å². The molecule has 21 heavy (non-hydrogen) atoms. The summed E-state index contributed by atoms with van der Waals surface area (Å²) in [5, 5.41) is -0.256. The lowest BCUT2D eigenvalue weighted by atomic mass is 9.58. The van der Waals surface area contributed by atoms with Gasteiger partial charge in [0.25, 0.3) is 0 Å². The normalized spacial score (nSPS) is 18.9. The van der Waals surface area contributed by atoms with Crippen molar-refractivity contribution in [3.05, 3.63) is 34.3 Å². The van der Waals surface area contributed by atoms with Crippen molar-refractivity contribution in [2.24, 2.45) is 11.7 Å². The number of benzene rings is 1. The topological polar surface area (TPSA) is 26.0 Å². The molecule has 0 aromatic heterocycles. The fraction of sp³-hybridized carbons (Fsp3) is 0.600. The van der Waals surface area contributed by atoms with Crippen molar-refractivity contribution in [1.82, 2.24) is 0 Å². The Morgan fingerprint density at radius 1 is 1.24 bits per heavy atom. The van der Waals surface area contributed by atoms with Crippen molar-refractivity contribution in [3.63, 3.8) is 0 Å². The van der Waals surface area contributed by atoms with Crippen molar-refractivity contribution < 1.29 is 13.2 Å². The third-order valence-corrected chi connectivity index (χ3v) is 4.78. The molecular weight excluding hydrogens is 322 g/mol. The summed E-state index contributed by atoms with van der Waals surface area (Å²) in [7, 11) is 0. The Hall–Kier alpha value is -0.450. The van der Waals surface area contributed by atoms with Crippen LogP contribution in [0.1, 0.15) is 44.2 Å². The lowest BCUT2D eigenvalue weighted by Crippen LogP contribution is -2.53. The molecule has 1 nitrogen and oxygen atoms in total. The van der Waals surface area contributed by atoms with Crippen LogP contribution in [0.2, 0.25) is 5.02 Å². The average molecular weight is 342 g/mol. The number of nitrogens with two attached hydrogens (primary N) is 1. The highest BCUT2D eigenvalue weighted by Crippen LogP contribution is 2.49. The summed E-state index contributed by atoms with van der Waals surface area (Å²) in [5.41, 5.74) is 5.84. The largest absolute Gasteiger partial charge is 0.417 e. The van der Waals surface area contributed by atoms with Gasteiger partial charge >= 0.3 is 6.18 Å². The van der Waals surface area contributed by atoms with Crippen LogP contribution in [0.3, 0.4) is 0 Å². The lowest BCUT2D eigenvalue weighted by molar-refractivity contribution is -0.137. The third kappa shape index (κ3) is 3.33. The zero-order valence-electron chi connectivity index (χ0n) is 12.0. The van der Waals surface area contributed by atoms with Gasteiger partial charge in [0.15, 0.2) is 0 Å². The maximum atomic E-state index is 13.0. The molecule has 0 amide bonds. The van der Waals surface area contributed by atoms with Gasteiger partial charge in [-0.2, -0.15) is 13.2 Å². The molecule has 0 radical (unpaired) electrons. The number of hydrogen-bond acceptors (Lipinski definition) is 1. The van der Waals surface area contributed by atoms with E-state index < -0.39 is 11.7 Å². The van der Waals surface area contributed by atoms with E-state index >= 15 is 0 Å². The van der Waals surface area contributed by atoms with Gasteiger partial charge in [-0.3, -0.25) is 0 Å². The average Bonchev–Trinajstić information content (AvgIpc) is 2.27. The lowest BCUT2D eigenvalue weighted by Gasteiger charge is -2.48. The van der Waals surface area contributed by atoms with Crippen LogP contribution in [0.4, 0.5) is 13.2 Å². The van der Waals surface area contributed by atoms with Crippen LogP contribution < -0.4 is 5.73 Å². The van der Waals surface area contributed by atoms with Gasteiger partial charge < -0.3 is 5.73 Å². The minimum atomic E-state index is -4.43. The van der Waals surface area contributed by atoms with Gasteiger partial charge in [-0.15, -0.1) is 12.4 Å². The molecule has 1 saturated carbocycles. The molecule has 1 atom stereocenters. The Bertz CT molecular complexity index is 496. The van der Waals surface area contributed by atoms with E-state index in [1.54, 1.807) is 6.07 Å². The maximum Gasteiger partial charge on any atom is 0.417 e. The second kappa shape index (κ2) is 6.35. The summed E-state index contributed by atoms with van der Waals surface area (Å²) in [5.74, 6) is 0.223. The van der Waals surface area contributed by atoms with E-state index in [9.17, 15) is 13.2 Å². The van der Waals surface area contributed by atoms with E-state index in [0.29, 0.717) is 5.56 Å². The zero-order chi connectivity index (χ0) is 15.1. The highest BCUT2D eigenvalue weighted by Gasteiger charge is 2.46. The maximum absolute atomic E-state index is 13.0. The Morgan fingerprint density at radius 2 is 1.81 bits per heavy atom. The minimum Gasteiger partial charge on any atom is -0.327 e. The monoisotopic (exact) mass is 341 g/mol. The fourth-order valence-electron chi connectivity index (χ4n) is 3.06. The van der Waals surface area contributed by atoms with E-state index in [4.69, 9.17) is 17.3 Å². The molecule has 1 fully saturated rings. The first-order valence-electron chi connectivity index (χ1n) is 6.81. The van der Waals surface area contributed by atoms with Gasteiger partial charge in [-0.25, -0.2) is 0 Å². The first-order chi connectivity index (χ1) is 9.18. The molecule has 0 heterocycles. The van der Waals surface area contributed by atoms with E-state index in [2.05, 4.69) is 0 Å². The summed E-state index contributed by atoms with van der Waals surface area (Å²) in [6, 6.07) is 4.08. The molecule has 1 aromatic rings. The summed E-state index contributed by atoms with van der Waals surface area (Å²) in [4.78, 5) is 0. The van der Waals surface area contributed by atoms with Crippen LogP contribution in [0.5, 0.6) is 0 Å². The van der Waals surface area contributed by atoms with E-state index in [1.165, 1.54) is 12.1 Å². The van der Waals surface area contributed by atoms with Gasteiger partial charge in [0, 0.05) is 11.5 Å². The Labute approximate surface area is 134 Å². The Morgan fingerprint density at radius 3 is 2.19 bits per heavy atom. The molecule has 6 heteroatoms. The van der Waals surface area contributed by atoms with Crippen molar-refractivity contribution in [2.75, 3.05) is 0 Å². The van der Waals surface area contributed by atoms with Crippen molar-refractivity contribution in [2.45, 2.75) is 50.7 Å². The van der Waals surface area contributed by atoms with Crippen molar-refractivity contribution in [1.29, 1.82) is 0 Å². The van der Waals surface area contributed by atoms with Gasteiger partial charge in [0.1, 0.15) is 0 Å². The third-order valence-electron chi connectivity index (χ3n) is 4.45. The SMILES string of the molecule is CC(C)C(N)C1(c2ccc(Cl)c(C(F)(F)F)c2)CCC1.Cl. The van der Waals surface area contributed by atoms with Crippen LogP contribution in [0, 0.1) is 5.92 Å². The molecule has 1 aliphatic carbocycles. The van der Waals surface area contributed by atoms with Crippen LogP contribution in [-0.4, -0.2) is 6.04 Å².